The maximum Gasteiger partial charge on any atom is 0.408 e. The molecule has 0 aliphatic rings. The summed E-state index contributed by atoms with van der Waals surface area (Å²) in [5, 5.41) is 2.77. The summed E-state index contributed by atoms with van der Waals surface area (Å²) in [6.45, 7) is 10.9. The predicted molar refractivity (Wildman–Crippen MR) is 89.1 cm³/mol. The third kappa shape index (κ3) is 7.17. The third-order valence-electron chi connectivity index (χ3n) is 2.99. The van der Waals surface area contributed by atoms with Gasteiger partial charge in [0, 0.05) is 0 Å². The second-order valence-electron chi connectivity index (χ2n) is 6.80. The van der Waals surface area contributed by atoms with Crippen molar-refractivity contribution in [2.45, 2.75) is 65.7 Å². The maximum atomic E-state index is 12.1. The van der Waals surface area contributed by atoms with Crippen LogP contribution in [0.1, 0.15) is 58.2 Å². The van der Waals surface area contributed by atoms with Crippen LogP contribution in [-0.2, 0) is 14.3 Å². The number of hydrogen-bond acceptors (Lipinski definition) is 4. The van der Waals surface area contributed by atoms with Crippen molar-refractivity contribution in [1.82, 2.24) is 5.32 Å². The Morgan fingerprint density at radius 3 is 2.30 bits per heavy atom. The van der Waals surface area contributed by atoms with Gasteiger partial charge >= 0.3 is 12.1 Å². The summed E-state index contributed by atoms with van der Waals surface area (Å²) in [5.74, 6) is -0.357. The van der Waals surface area contributed by atoms with Gasteiger partial charge in [-0.2, -0.15) is 0 Å². The summed E-state index contributed by atoms with van der Waals surface area (Å²) in [4.78, 5) is 24.1. The first-order chi connectivity index (χ1) is 10.6. The standard InChI is InChI=1S/C18H27NO4/c1-12(2)22-16(20)11-15(14-10-8-7-9-13(14)3)19-17(21)23-18(4,5)6/h7-10,12,15H,11H2,1-6H3,(H,19,21)/t15-/m1/s1. The molecule has 0 saturated heterocycles. The van der Waals surface area contributed by atoms with Crippen molar-refractivity contribution >= 4 is 12.1 Å². The van der Waals surface area contributed by atoms with Crippen molar-refractivity contribution < 1.29 is 19.1 Å². The van der Waals surface area contributed by atoms with Crippen LogP contribution in [-0.4, -0.2) is 23.8 Å². The monoisotopic (exact) mass is 321 g/mol. The van der Waals surface area contributed by atoms with E-state index in [1.807, 2.05) is 31.2 Å². The van der Waals surface area contributed by atoms with Crippen LogP contribution in [0.3, 0.4) is 0 Å². The Kier molecular flexibility index (Phi) is 6.61. The van der Waals surface area contributed by atoms with Crippen molar-refractivity contribution in [2.24, 2.45) is 0 Å². The first-order valence-corrected chi connectivity index (χ1v) is 7.83. The highest BCUT2D eigenvalue weighted by Gasteiger charge is 2.24. The van der Waals surface area contributed by atoms with Crippen LogP contribution in [0.25, 0.3) is 0 Å². The van der Waals surface area contributed by atoms with Crippen LogP contribution < -0.4 is 5.32 Å². The number of alkyl carbamates (subject to hydrolysis) is 1. The smallest absolute Gasteiger partial charge is 0.408 e. The van der Waals surface area contributed by atoms with E-state index in [4.69, 9.17) is 9.47 Å². The Labute approximate surface area is 138 Å². The van der Waals surface area contributed by atoms with E-state index in [9.17, 15) is 9.59 Å². The molecule has 5 nitrogen and oxygen atoms in total. The summed E-state index contributed by atoms with van der Waals surface area (Å²) >= 11 is 0. The first-order valence-electron chi connectivity index (χ1n) is 7.83. The molecule has 1 amide bonds. The Balaban J connectivity index is 2.91. The lowest BCUT2D eigenvalue weighted by molar-refractivity contribution is -0.147. The zero-order chi connectivity index (χ0) is 17.6. The van der Waals surface area contributed by atoms with Gasteiger partial charge in [0.1, 0.15) is 5.60 Å². The molecule has 5 heteroatoms. The number of hydrogen-bond donors (Lipinski definition) is 1. The van der Waals surface area contributed by atoms with Gasteiger partial charge in [0.25, 0.3) is 0 Å². The van der Waals surface area contributed by atoms with Crippen molar-refractivity contribution in [3.05, 3.63) is 35.4 Å². The molecule has 1 aromatic rings. The van der Waals surface area contributed by atoms with Crippen LogP contribution in [0, 0.1) is 6.92 Å². The summed E-state index contributed by atoms with van der Waals surface area (Å²) in [5.41, 5.74) is 1.27. The minimum absolute atomic E-state index is 0.0578. The maximum absolute atomic E-state index is 12.1. The van der Waals surface area contributed by atoms with E-state index in [0.29, 0.717) is 0 Å². The molecule has 0 radical (unpaired) electrons. The molecule has 0 aliphatic heterocycles. The normalized spacial score (nSPS) is 12.7. The zero-order valence-corrected chi connectivity index (χ0v) is 14.8. The predicted octanol–water partition coefficient (Wildman–Crippen LogP) is 3.90. The molecule has 23 heavy (non-hydrogen) atoms. The summed E-state index contributed by atoms with van der Waals surface area (Å²) in [6, 6.07) is 7.13. The fourth-order valence-corrected chi connectivity index (χ4v) is 2.14. The fourth-order valence-electron chi connectivity index (χ4n) is 2.14. The van der Waals surface area contributed by atoms with Crippen molar-refractivity contribution in [3.63, 3.8) is 0 Å². The van der Waals surface area contributed by atoms with E-state index in [1.165, 1.54) is 0 Å². The summed E-state index contributed by atoms with van der Waals surface area (Å²) in [6.07, 6.45) is -0.688. The Bertz CT molecular complexity index is 546. The van der Waals surface area contributed by atoms with Gasteiger partial charge in [-0.1, -0.05) is 24.3 Å². The number of nitrogens with one attached hydrogen (secondary N) is 1. The molecular formula is C18H27NO4. The quantitative estimate of drug-likeness (QED) is 0.835. The van der Waals surface area contributed by atoms with Gasteiger partial charge in [0.15, 0.2) is 0 Å². The summed E-state index contributed by atoms with van der Waals surface area (Å²) in [7, 11) is 0. The highest BCUT2D eigenvalue weighted by molar-refractivity contribution is 5.73. The highest BCUT2D eigenvalue weighted by Crippen LogP contribution is 2.22. The average Bonchev–Trinajstić information content (AvgIpc) is 2.35. The molecule has 1 rings (SSSR count). The number of carbonyl (C=O) groups is 2. The molecule has 0 aliphatic carbocycles. The molecule has 1 aromatic carbocycles. The van der Waals surface area contributed by atoms with E-state index < -0.39 is 17.7 Å². The van der Waals surface area contributed by atoms with Crippen LogP contribution in [0.4, 0.5) is 4.79 Å². The van der Waals surface area contributed by atoms with Gasteiger partial charge in [-0.3, -0.25) is 4.79 Å². The molecule has 1 N–H and O–H groups in total. The molecule has 0 bridgehead atoms. The minimum Gasteiger partial charge on any atom is -0.463 e. The molecule has 0 unspecified atom stereocenters. The van der Waals surface area contributed by atoms with Crippen molar-refractivity contribution in [1.29, 1.82) is 0 Å². The van der Waals surface area contributed by atoms with Gasteiger partial charge in [-0.15, -0.1) is 0 Å². The molecule has 0 saturated carbocycles. The number of rotatable bonds is 5. The van der Waals surface area contributed by atoms with Crippen LogP contribution in [0.15, 0.2) is 24.3 Å². The van der Waals surface area contributed by atoms with Gasteiger partial charge in [0.05, 0.1) is 18.6 Å². The number of aryl methyl sites for hydroxylation is 1. The number of carbonyl (C=O) groups excluding carboxylic acids is 2. The van der Waals surface area contributed by atoms with Gasteiger partial charge in [-0.25, -0.2) is 4.79 Å². The Morgan fingerprint density at radius 1 is 1.17 bits per heavy atom. The first kappa shape index (κ1) is 19.0. The molecule has 128 valence electrons. The van der Waals surface area contributed by atoms with E-state index in [1.54, 1.807) is 34.6 Å². The lowest BCUT2D eigenvalue weighted by Crippen LogP contribution is -2.36. The minimum atomic E-state index is -0.598. The molecule has 0 fully saturated rings. The largest absolute Gasteiger partial charge is 0.463 e. The Morgan fingerprint density at radius 2 is 1.78 bits per heavy atom. The molecule has 0 spiro atoms. The topological polar surface area (TPSA) is 64.6 Å². The van der Waals surface area contributed by atoms with Crippen molar-refractivity contribution in [2.75, 3.05) is 0 Å². The van der Waals surface area contributed by atoms with E-state index in [-0.39, 0.29) is 18.5 Å². The van der Waals surface area contributed by atoms with Gasteiger partial charge in [0.2, 0.25) is 0 Å². The van der Waals surface area contributed by atoms with Crippen LogP contribution in [0.2, 0.25) is 0 Å². The van der Waals surface area contributed by atoms with Gasteiger partial charge < -0.3 is 14.8 Å². The molecule has 0 aromatic heterocycles. The number of amides is 1. The average molecular weight is 321 g/mol. The molecular weight excluding hydrogens is 294 g/mol. The van der Waals surface area contributed by atoms with E-state index in [0.717, 1.165) is 11.1 Å². The van der Waals surface area contributed by atoms with E-state index >= 15 is 0 Å². The number of benzene rings is 1. The van der Waals surface area contributed by atoms with Gasteiger partial charge in [-0.05, 0) is 52.7 Å². The van der Waals surface area contributed by atoms with Crippen LogP contribution in [0.5, 0.6) is 0 Å². The SMILES string of the molecule is Cc1ccccc1[C@@H](CC(=O)OC(C)C)NC(=O)OC(C)(C)C. The Hall–Kier alpha value is -2.04. The zero-order valence-electron chi connectivity index (χ0n) is 14.8. The number of ether oxygens (including phenoxy) is 2. The summed E-state index contributed by atoms with van der Waals surface area (Å²) < 4.78 is 10.5. The fraction of sp³-hybridized carbons (Fsp3) is 0.556. The molecule has 1 atom stereocenters. The highest BCUT2D eigenvalue weighted by atomic mass is 16.6. The van der Waals surface area contributed by atoms with Crippen LogP contribution >= 0.6 is 0 Å². The third-order valence-corrected chi connectivity index (χ3v) is 2.99. The van der Waals surface area contributed by atoms with Crippen molar-refractivity contribution in [3.8, 4) is 0 Å². The van der Waals surface area contributed by atoms with E-state index in [2.05, 4.69) is 5.32 Å². The second-order valence-corrected chi connectivity index (χ2v) is 6.80. The second kappa shape index (κ2) is 7.99. The number of esters is 1. The molecule has 0 heterocycles. The lowest BCUT2D eigenvalue weighted by atomic mass is 9.99. The lowest BCUT2D eigenvalue weighted by Gasteiger charge is -2.24.